The first kappa shape index (κ1) is 23.0. The van der Waals surface area contributed by atoms with Gasteiger partial charge in [0.25, 0.3) is 0 Å². The van der Waals surface area contributed by atoms with Crippen LogP contribution in [0.3, 0.4) is 0 Å². The monoisotopic (exact) mass is 439 g/mol. The first-order valence-electron chi connectivity index (χ1n) is 10.5. The number of aromatic nitrogens is 1. The summed E-state index contributed by atoms with van der Waals surface area (Å²) in [5, 5.41) is 2.90. The number of rotatable bonds is 9. The van der Waals surface area contributed by atoms with Gasteiger partial charge in [-0.2, -0.15) is 0 Å². The smallest absolute Gasteiger partial charge is 0.340 e. The van der Waals surface area contributed by atoms with Gasteiger partial charge in [0, 0.05) is 17.9 Å². The number of nitrogens with one attached hydrogen (secondary N) is 2. The molecule has 0 fully saturated rings. The van der Waals surface area contributed by atoms with Crippen molar-refractivity contribution in [2.24, 2.45) is 0 Å². The van der Waals surface area contributed by atoms with Crippen LogP contribution in [0.4, 0.5) is 4.79 Å². The van der Waals surface area contributed by atoms with Crippen LogP contribution in [-0.2, 0) is 24.4 Å². The van der Waals surface area contributed by atoms with Crippen molar-refractivity contribution in [3.05, 3.63) is 76.5 Å². The summed E-state index contributed by atoms with van der Waals surface area (Å²) < 4.78 is 15.7. The van der Waals surface area contributed by atoms with Gasteiger partial charge in [-0.05, 0) is 56.2 Å². The topological polar surface area (TPSA) is 96.8 Å². The molecule has 0 saturated carbocycles. The van der Waals surface area contributed by atoms with E-state index in [4.69, 9.17) is 13.9 Å². The number of benzene rings is 1. The van der Waals surface area contributed by atoms with Gasteiger partial charge in [0.15, 0.2) is 0 Å². The van der Waals surface area contributed by atoms with Crippen LogP contribution in [0.1, 0.15) is 45.6 Å². The lowest BCUT2D eigenvalue weighted by Crippen LogP contribution is -2.39. The van der Waals surface area contributed by atoms with E-state index in [1.165, 1.54) is 0 Å². The number of amides is 2. The summed E-state index contributed by atoms with van der Waals surface area (Å²) in [5.41, 5.74) is 3.75. The Labute approximate surface area is 187 Å². The Morgan fingerprint density at radius 3 is 2.50 bits per heavy atom. The number of carbonyl (C=O) groups excluding carboxylic acids is 2. The number of aromatic amines is 1. The number of nitrogens with zero attached hydrogens (tertiary/aromatic N) is 1. The van der Waals surface area contributed by atoms with Gasteiger partial charge in [0.2, 0.25) is 0 Å². The number of hydrogen-bond donors (Lipinski definition) is 2. The fourth-order valence-corrected chi connectivity index (χ4v) is 3.51. The van der Waals surface area contributed by atoms with Crippen molar-refractivity contribution in [3.8, 4) is 5.75 Å². The lowest BCUT2D eigenvalue weighted by Gasteiger charge is -2.23. The quantitative estimate of drug-likeness (QED) is 0.484. The minimum Gasteiger partial charge on any atom is -0.497 e. The predicted molar refractivity (Wildman–Crippen MR) is 119 cm³/mol. The van der Waals surface area contributed by atoms with E-state index >= 15 is 0 Å². The number of carbonyl (C=O) groups is 2. The summed E-state index contributed by atoms with van der Waals surface area (Å²) in [6, 6.07) is 10.9. The maximum absolute atomic E-state index is 13.1. The van der Waals surface area contributed by atoms with Crippen LogP contribution in [0.2, 0.25) is 0 Å². The van der Waals surface area contributed by atoms with E-state index < -0.39 is 0 Å². The number of urea groups is 1. The molecule has 0 atom stereocenters. The van der Waals surface area contributed by atoms with Gasteiger partial charge in [-0.25, -0.2) is 9.59 Å². The second-order valence-electron chi connectivity index (χ2n) is 7.39. The molecule has 32 heavy (non-hydrogen) atoms. The Balaban J connectivity index is 1.81. The molecule has 2 amide bonds. The van der Waals surface area contributed by atoms with Crippen molar-refractivity contribution in [3.63, 3.8) is 0 Å². The molecule has 2 heterocycles. The predicted octanol–water partition coefficient (Wildman–Crippen LogP) is 4.32. The molecule has 1 aromatic carbocycles. The van der Waals surface area contributed by atoms with Gasteiger partial charge in [-0.1, -0.05) is 12.1 Å². The molecule has 8 nitrogen and oxygen atoms in total. The largest absolute Gasteiger partial charge is 0.497 e. The third-order valence-electron chi connectivity index (χ3n) is 5.18. The van der Waals surface area contributed by atoms with Crippen LogP contribution < -0.4 is 10.1 Å². The zero-order valence-corrected chi connectivity index (χ0v) is 18.9. The molecule has 0 aliphatic carbocycles. The number of aryl methyl sites for hydroxylation is 1. The minimum atomic E-state index is -0.367. The third kappa shape index (κ3) is 5.51. The molecule has 3 aromatic rings. The Hall–Kier alpha value is -3.68. The highest BCUT2D eigenvalue weighted by atomic mass is 16.5. The second-order valence-corrected chi connectivity index (χ2v) is 7.39. The zero-order valence-electron chi connectivity index (χ0n) is 18.9. The van der Waals surface area contributed by atoms with E-state index in [0.717, 1.165) is 28.3 Å². The maximum Gasteiger partial charge on any atom is 0.340 e. The molecule has 0 spiro atoms. The minimum absolute atomic E-state index is 0.249. The van der Waals surface area contributed by atoms with Crippen LogP contribution >= 0.6 is 0 Å². The average molecular weight is 440 g/mol. The van der Waals surface area contributed by atoms with Crippen molar-refractivity contribution < 1.29 is 23.5 Å². The molecule has 0 bridgehead atoms. The average Bonchev–Trinajstić information content (AvgIpc) is 3.40. The van der Waals surface area contributed by atoms with Crippen molar-refractivity contribution >= 4 is 12.0 Å². The molecule has 2 aromatic heterocycles. The lowest BCUT2D eigenvalue weighted by molar-refractivity contribution is 0.0525. The van der Waals surface area contributed by atoms with Crippen molar-refractivity contribution in [2.45, 2.75) is 40.4 Å². The third-order valence-corrected chi connectivity index (χ3v) is 5.18. The normalized spacial score (nSPS) is 10.6. The summed E-state index contributed by atoms with van der Waals surface area (Å²) in [5.74, 6) is 1.05. The zero-order chi connectivity index (χ0) is 23.1. The van der Waals surface area contributed by atoms with Gasteiger partial charge in [-0.3, -0.25) is 0 Å². The van der Waals surface area contributed by atoms with Crippen LogP contribution in [0.15, 0.2) is 47.1 Å². The van der Waals surface area contributed by atoms with E-state index in [-0.39, 0.29) is 18.5 Å². The highest BCUT2D eigenvalue weighted by Gasteiger charge is 2.22. The highest BCUT2D eigenvalue weighted by molar-refractivity contribution is 5.92. The first-order valence-corrected chi connectivity index (χ1v) is 10.5. The van der Waals surface area contributed by atoms with E-state index in [1.807, 2.05) is 38.1 Å². The summed E-state index contributed by atoms with van der Waals surface area (Å²) in [6.45, 7) is 6.71. The summed E-state index contributed by atoms with van der Waals surface area (Å²) in [6.07, 6.45) is 1.57. The van der Waals surface area contributed by atoms with E-state index in [1.54, 1.807) is 37.3 Å². The van der Waals surface area contributed by atoms with Gasteiger partial charge in [-0.15, -0.1) is 0 Å². The van der Waals surface area contributed by atoms with Gasteiger partial charge >= 0.3 is 12.0 Å². The second kappa shape index (κ2) is 10.6. The van der Waals surface area contributed by atoms with Gasteiger partial charge in [0.05, 0.1) is 38.6 Å². The molecule has 170 valence electrons. The number of furan rings is 1. The molecule has 0 unspecified atom stereocenters. The molecule has 8 heteroatoms. The van der Waals surface area contributed by atoms with Crippen molar-refractivity contribution in [1.82, 2.24) is 15.2 Å². The first-order chi connectivity index (χ1) is 15.4. The molecule has 0 aliphatic rings. The Morgan fingerprint density at radius 1 is 1.12 bits per heavy atom. The Bertz CT molecular complexity index is 1040. The molecular formula is C24H29N3O5. The Morgan fingerprint density at radius 2 is 1.88 bits per heavy atom. The van der Waals surface area contributed by atoms with Gasteiger partial charge in [0.1, 0.15) is 11.5 Å². The lowest BCUT2D eigenvalue weighted by atomic mass is 10.1. The summed E-state index contributed by atoms with van der Waals surface area (Å²) in [7, 11) is 1.61. The SMILES string of the molecule is CCOC(=O)c1c(C)[nH]c(CN(Cc2ccc(OC)cc2)C(=O)NCc2ccco2)c1C. The van der Waals surface area contributed by atoms with Gasteiger partial charge < -0.3 is 29.1 Å². The maximum atomic E-state index is 13.1. The number of hydrogen-bond acceptors (Lipinski definition) is 5. The fraction of sp³-hybridized carbons (Fsp3) is 0.333. The van der Waals surface area contributed by atoms with Crippen LogP contribution in [0.25, 0.3) is 0 Å². The van der Waals surface area contributed by atoms with E-state index in [2.05, 4.69) is 10.3 Å². The standard InChI is InChI=1S/C24H29N3O5/c1-5-31-23(28)22-16(2)21(26-17(22)3)15-27(14-18-8-10-19(30-4)11-9-18)24(29)25-13-20-7-6-12-32-20/h6-12,26H,5,13-15H2,1-4H3,(H,25,29). The van der Waals surface area contributed by atoms with Crippen LogP contribution in [-0.4, -0.2) is 35.6 Å². The number of ether oxygens (including phenoxy) is 2. The summed E-state index contributed by atoms with van der Waals surface area (Å²) in [4.78, 5) is 30.3. The van der Waals surface area contributed by atoms with Crippen LogP contribution in [0, 0.1) is 13.8 Å². The van der Waals surface area contributed by atoms with Crippen molar-refractivity contribution in [2.75, 3.05) is 13.7 Å². The molecule has 3 rings (SSSR count). The molecular weight excluding hydrogens is 410 g/mol. The molecule has 0 aliphatic heterocycles. The van der Waals surface area contributed by atoms with Crippen molar-refractivity contribution in [1.29, 1.82) is 0 Å². The molecule has 0 saturated heterocycles. The Kier molecular flexibility index (Phi) is 7.59. The van der Waals surface area contributed by atoms with E-state index in [9.17, 15) is 9.59 Å². The van der Waals surface area contributed by atoms with Crippen LogP contribution in [0.5, 0.6) is 5.75 Å². The highest BCUT2D eigenvalue weighted by Crippen LogP contribution is 2.22. The number of esters is 1. The summed E-state index contributed by atoms with van der Waals surface area (Å²) >= 11 is 0. The van der Waals surface area contributed by atoms with E-state index in [0.29, 0.717) is 31.0 Å². The molecule has 0 radical (unpaired) electrons. The number of methoxy groups -OCH3 is 1. The number of H-pyrrole nitrogens is 1. The molecule has 2 N–H and O–H groups in total. The fourth-order valence-electron chi connectivity index (χ4n) is 3.51.